The first-order valence-corrected chi connectivity index (χ1v) is 6.14. The van der Waals surface area contributed by atoms with E-state index in [0.717, 1.165) is 15.1 Å². The van der Waals surface area contributed by atoms with Crippen LogP contribution < -0.4 is 15.2 Å². The summed E-state index contributed by atoms with van der Waals surface area (Å²) < 4.78 is 11.9. The van der Waals surface area contributed by atoms with Gasteiger partial charge in [-0.15, -0.1) is 0 Å². The number of ether oxygens (including phenoxy) is 2. The molecular weight excluding hydrogens is 329 g/mol. The highest BCUT2D eigenvalue weighted by atomic mass is 127. The summed E-state index contributed by atoms with van der Waals surface area (Å²) in [6, 6.07) is 13.1. The van der Waals surface area contributed by atoms with Crippen molar-refractivity contribution < 1.29 is 9.47 Å². The van der Waals surface area contributed by atoms with Gasteiger partial charge in [0.1, 0.15) is 11.5 Å². The lowest BCUT2D eigenvalue weighted by molar-refractivity contribution is 0.413. The molecule has 0 aliphatic carbocycles. The average molecular weight is 341 g/mol. The molecule has 0 heterocycles. The summed E-state index contributed by atoms with van der Waals surface area (Å²) in [6.45, 7) is 0. The van der Waals surface area contributed by atoms with Crippen LogP contribution in [0.3, 0.4) is 0 Å². The smallest absolute Gasteiger partial charge is 0.150 e. The van der Waals surface area contributed by atoms with E-state index in [1.165, 1.54) is 0 Å². The third kappa shape index (κ3) is 3.03. The van der Waals surface area contributed by atoms with Gasteiger partial charge in [-0.1, -0.05) is 0 Å². The lowest BCUT2D eigenvalue weighted by Crippen LogP contribution is -1.93. The number of nitrogen functional groups attached to an aromatic ring is 1. The summed E-state index contributed by atoms with van der Waals surface area (Å²) in [6.07, 6.45) is 0. The van der Waals surface area contributed by atoms with Gasteiger partial charge in [0.2, 0.25) is 0 Å². The monoisotopic (exact) mass is 341 g/mol. The Bertz CT molecular complexity index is 511. The highest BCUT2D eigenvalue weighted by molar-refractivity contribution is 14.1. The van der Waals surface area contributed by atoms with Gasteiger partial charge in [-0.2, -0.15) is 0 Å². The Balaban J connectivity index is 2.21. The van der Waals surface area contributed by atoms with Crippen molar-refractivity contribution in [3.63, 3.8) is 0 Å². The Morgan fingerprint density at radius 1 is 1.00 bits per heavy atom. The fourth-order valence-corrected chi connectivity index (χ4v) is 1.74. The third-order valence-corrected chi connectivity index (χ3v) is 2.98. The zero-order valence-electron chi connectivity index (χ0n) is 9.31. The van der Waals surface area contributed by atoms with Gasteiger partial charge in [-0.25, -0.2) is 0 Å². The second kappa shape index (κ2) is 5.27. The standard InChI is InChI=1S/C13H12INO2/c1-16-11-6-7-13(12(15)8-11)17-10-4-2-9(14)3-5-10/h2-8H,15H2,1H3. The van der Waals surface area contributed by atoms with Crippen molar-refractivity contribution in [3.05, 3.63) is 46.0 Å². The van der Waals surface area contributed by atoms with Crippen LogP contribution in [0, 0.1) is 3.57 Å². The zero-order valence-corrected chi connectivity index (χ0v) is 11.5. The summed E-state index contributed by atoms with van der Waals surface area (Å²) in [5.74, 6) is 2.12. The maximum absolute atomic E-state index is 5.87. The molecule has 17 heavy (non-hydrogen) atoms. The molecule has 2 rings (SSSR count). The molecular formula is C13H12INO2. The number of anilines is 1. The molecule has 0 atom stereocenters. The Morgan fingerprint density at radius 2 is 1.65 bits per heavy atom. The molecule has 0 radical (unpaired) electrons. The van der Waals surface area contributed by atoms with E-state index in [2.05, 4.69) is 22.6 Å². The molecule has 2 aromatic rings. The molecule has 88 valence electrons. The highest BCUT2D eigenvalue weighted by Gasteiger charge is 2.03. The van der Waals surface area contributed by atoms with Crippen LogP contribution in [0.25, 0.3) is 0 Å². The second-order valence-corrected chi connectivity index (χ2v) is 4.71. The lowest BCUT2D eigenvalue weighted by Gasteiger charge is -2.09. The van der Waals surface area contributed by atoms with Gasteiger partial charge in [-0.3, -0.25) is 0 Å². The van der Waals surface area contributed by atoms with Crippen molar-refractivity contribution in [2.45, 2.75) is 0 Å². The minimum absolute atomic E-state index is 0.558. The molecule has 0 unspecified atom stereocenters. The topological polar surface area (TPSA) is 44.5 Å². The normalized spacial score (nSPS) is 10.0. The predicted octanol–water partition coefficient (Wildman–Crippen LogP) is 3.67. The van der Waals surface area contributed by atoms with E-state index >= 15 is 0 Å². The van der Waals surface area contributed by atoms with Crippen molar-refractivity contribution in [2.75, 3.05) is 12.8 Å². The molecule has 0 amide bonds. The van der Waals surface area contributed by atoms with Crippen LogP contribution in [0.4, 0.5) is 5.69 Å². The molecule has 0 aromatic heterocycles. The van der Waals surface area contributed by atoms with Crippen molar-refractivity contribution >= 4 is 28.3 Å². The van der Waals surface area contributed by atoms with Crippen LogP contribution in [-0.4, -0.2) is 7.11 Å². The first kappa shape index (κ1) is 12.0. The van der Waals surface area contributed by atoms with Crippen LogP contribution in [-0.2, 0) is 0 Å². The minimum atomic E-state index is 0.558. The summed E-state index contributed by atoms with van der Waals surface area (Å²) in [7, 11) is 1.61. The molecule has 0 fully saturated rings. The number of halogens is 1. The molecule has 0 saturated heterocycles. The summed E-state index contributed by atoms with van der Waals surface area (Å²) >= 11 is 2.25. The quantitative estimate of drug-likeness (QED) is 0.684. The maximum atomic E-state index is 5.87. The number of hydrogen-bond donors (Lipinski definition) is 1. The van der Waals surface area contributed by atoms with E-state index in [1.807, 2.05) is 30.3 Å². The Kier molecular flexibility index (Phi) is 3.73. The SMILES string of the molecule is COc1ccc(Oc2ccc(I)cc2)c(N)c1. The number of hydrogen-bond acceptors (Lipinski definition) is 3. The molecule has 0 aliphatic heterocycles. The van der Waals surface area contributed by atoms with Crippen LogP contribution in [0.2, 0.25) is 0 Å². The number of benzene rings is 2. The zero-order chi connectivity index (χ0) is 12.3. The number of rotatable bonds is 3. The van der Waals surface area contributed by atoms with Crippen LogP contribution in [0.15, 0.2) is 42.5 Å². The van der Waals surface area contributed by atoms with Gasteiger partial charge >= 0.3 is 0 Å². The van der Waals surface area contributed by atoms with Crippen molar-refractivity contribution in [2.24, 2.45) is 0 Å². The van der Waals surface area contributed by atoms with Crippen molar-refractivity contribution in [1.29, 1.82) is 0 Å². The summed E-state index contributed by atoms with van der Waals surface area (Å²) in [5.41, 5.74) is 6.43. The molecule has 3 nitrogen and oxygen atoms in total. The first-order valence-electron chi connectivity index (χ1n) is 5.06. The fraction of sp³-hybridized carbons (Fsp3) is 0.0769. The molecule has 0 spiro atoms. The van der Waals surface area contributed by atoms with Gasteiger partial charge in [0.05, 0.1) is 12.8 Å². The van der Waals surface area contributed by atoms with Crippen molar-refractivity contribution in [3.8, 4) is 17.2 Å². The lowest BCUT2D eigenvalue weighted by atomic mass is 10.2. The summed E-state index contributed by atoms with van der Waals surface area (Å²) in [5, 5.41) is 0. The third-order valence-electron chi connectivity index (χ3n) is 2.26. The van der Waals surface area contributed by atoms with E-state index in [1.54, 1.807) is 19.2 Å². The molecule has 0 saturated carbocycles. The summed E-state index contributed by atoms with van der Waals surface area (Å²) in [4.78, 5) is 0. The Hall–Kier alpha value is -1.43. The van der Waals surface area contributed by atoms with E-state index in [-0.39, 0.29) is 0 Å². The minimum Gasteiger partial charge on any atom is -0.497 e. The van der Waals surface area contributed by atoms with Gasteiger partial charge in [0, 0.05) is 9.64 Å². The largest absolute Gasteiger partial charge is 0.497 e. The van der Waals surface area contributed by atoms with Gasteiger partial charge in [0.25, 0.3) is 0 Å². The van der Waals surface area contributed by atoms with Crippen molar-refractivity contribution in [1.82, 2.24) is 0 Å². The van der Waals surface area contributed by atoms with Crippen LogP contribution in [0.1, 0.15) is 0 Å². The highest BCUT2D eigenvalue weighted by Crippen LogP contribution is 2.30. The molecule has 0 bridgehead atoms. The Labute approximate surface area is 114 Å². The average Bonchev–Trinajstić information content (AvgIpc) is 2.34. The molecule has 4 heteroatoms. The molecule has 0 aliphatic rings. The molecule has 2 N–H and O–H groups in total. The predicted molar refractivity (Wildman–Crippen MR) is 76.6 cm³/mol. The van der Waals surface area contributed by atoms with Crippen LogP contribution >= 0.6 is 22.6 Å². The number of nitrogens with two attached hydrogens (primary N) is 1. The maximum Gasteiger partial charge on any atom is 0.150 e. The number of methoxy groups -OCH3 is 1. The van der Waals surface area contributed by atoms with E-state index in [0.29, 0.717) is 11.4 Å². The Morgan fingerprint density at radius 3 is 2.24 bits per heavy atom. The second-order valence-electron chi connectivity index (χ2n) is 3.46. The van der Waals surface area contributed by atoms with E-state index in [9.17, 15) is 0 Å². The van der Waals surface area contributed by atoms with Gasteiger partial charge < -0.3 is 15.2 Å². The van der Waals surface area contributed by atoms with Gasteiger partial charge in [-0.05, 0) is 59.0 Å². The molecule has 2 aromatic carbocycles. The van der Waals surface area contributed by atoms with E-state index < -0.39 is 0 Å². The van der Waals surface area contributed by atoms with E-state index in [4.69, 9.17) is 15.2 Å². The fourth-order valence-electron chi connectivity index (χ4n) is 1.38. The first-order chi connectivity index (χ1) is 8.19. The van der Waals surface area contributed by atoms with Gasteiger partial charge in [0.15, 0.2) is 5.75 Å². The van der Waals surface area contributed by atoms with Crippen LogP contribution in [0.5, 0.6) is 17.2 Å².